The zero-order valence-electron chi connectivity index (χ0n) is 31.5. The molecule has 0 atom stereocenters. The number of imidazole rings is 1. The molecule has 14 heteroatoms. The van der Waals surface area contributed by atoms with Crippen molar-refractivity contribution in [3.63, 3.8) is 0 Å². The summed E-state index contributed by atoms with van der Waals surface area (Å²) in [6, 6.07) is 24.2. The Balaban J connectivity index is 1.01. The Kier molecular flexibility index (Phi) is 9.80. The fraction of sp³-hybridized carbons (Fsp3) is 0.279. The number of morpholine rings is 1. The van der Waals surface area contributed by atoms with Gasteiger partial charge in [0, 0.05) is 72.9 Å². The number of carbonyl (C=O) groups is 1. The highest BCUT2D eigenvalue weighted by atomic mass is 19.1. The minimum atomic E-state index is -0.639. The number of hydrogen-bond donors (Lipinski definition) is 1. The lowest BCUT2D eigenvalue weighted by Gasteiger charge is -2.29. The van der Waals surface area contributed by atoms with E-state index in [0.29, 0.717) is 84.5 Å². The number of aryl methyl sites for hydroxylation is 2. The number of aromatic nitrogens is 6. The van der Waals surface area contributed by atoms with Crippen molar-refractivity contribution in [3.05, 3.63) is 141 Å². The van der Waals surface area contributed by atoms with Gasteiger partial charge in [-0.05, 0) is 79.9 Å². The first-order chi connectivity index (χ1) is 27.8. The molecule has 290 valence electrons. The van der Waals surface area contributed by atoms with Crippen LogP contribution in [0.2, 0.25) is 0 Å². The molecule has 0 unspecified atom stereocenters. The number of nitrogens with zero attached hydrogens (tertiary/aromatic N) is 8. The van der Waals surface area contributed by atoms with Gasteiger partial charge in [-0.3, -0.25) is 18.8 Å². The lowest BCUT2D eigenvalue weighted by Crippen LogP contribution is -2.37. The van der Waals surface area contributed by atoms with Crippen molar-refractivity contribution in [2.24, 2.45) is 0 Å². The van der Waals surface area contributed by atoms with Crippen LogP contribution in [-0.2, 0) is 30.8 Å². The van der Waals surface area contributed by atoms with E-state index in [2.05, 4.69) is 15.2 Å². The molecular formula is C43H41F2N9O3. The van der Waals surface area contributed by atoms with Gasteiger partial charge in [0.1, 0.15) is 22.8 Å². The number of hydrogen-bond acceptors (Lipinski definition) is 8. The van der Waals surface area contributed by atoms with Crippen LogP contribution < -0.4 is 11.0 Å². The molecule has 1 saturated heterocycles. The summed E-state index contributed by atoms with van der Waals surface area (Å²) >= 11 is 0. The number of benzene rings is 3. The van der Waals surface area contributed by atoms with E-state index in [0.717, 1.165) is 54.5 Å². The molecule has 0 saturated carbocycles. The van der Waals surface area contributed by atoms with Gasteiger partial charge in [0.2, 0.25) is 5.95 Å². The monoisotopic (exact) mass is 769 g/mol. The average molecular weight is 770 g/mol. The van der Waals surface area contributed by atoms with Gasteiger partial charge in [-0.15, -0.1) is 0 Å². The summed E-state index contributed by atoms with van der Waals surface area (Å²) in [6.45, 7) is 7.24. The van der Waals surface area contributed by atoms with Crippen molar-refractivity contribution in [2.45, 2.75) is 39.4 Å². The number of carbonyl (C=O) groups excluding carboxylic acids is 1. The molecular weight excluding hydrogens is 729 g/mol. The van der Waals surface area contributed by atoms with Crippen LogP contribution in [0.25, 0.3) is 27.9 Å². The Morgan fingerprint density at radius 2 is 1.68 bits per heavy atom. The van der Waals surface area contributed by atoms with E-state index in [4.69, 9.17) is 14.7 Å². The summed E-state index contributed by atoms with van der Waals surface area (Å²) in [5.41, 5.74) is 6.40. The molecule has 0 bridgehead atoms. The zero-order chi connectivity index (χ0) is 39.0. The molecule has 3 aromatic carbocycles. The van der Waals surface area contributed by atoms with Crippen LogP contribution in [0.1, 0.15) is 39.3 Å². The van der Waals surface area contributed by atoms with E-state index in [-0.39, 0.29) is 18.1 Å². The first-order valence-corrected chi connectivity index (χ1v) is 19.2. The molecule has 2 aliphatic heterocycles. The minimum Gasteiger partial charge on any atom is -0.379 e. The first-order valence-electron chi connectivity index (χ1n) is 19.2. The Hall–Kier alpha value is -6.25. The van der Waals surface area contributed by atoms with Crippen molar-refractivity contribution in [1.29, 1.82) is 0 Å². The molecule has 57 heavy (non-hydrogen) atoms. The van der Waals surface area contributed by atoms with Gasteiger partial charge in [-0.2, -0.15) is 4.98 Å². The number of rotatable bonds is 10. The molecule has 9 rings (SSSR count). The number of para-hydroxylation sites is 1. The molecule has 4 aromatic heterocycles. The lowest BCUT2D eigenvalue weighted by atomic mass is 10.0. The number of pyridine rings is 1. The van der Waals surface area contributed by atoms with Crippen LogP contribution >= 0.6 is 0 Å². The summed E-state index contributed by atoms with van der Waals surface area (Å²) in [5, 5.41) is 4.24. The second kappa shape index (κ2) is 15.4. The van der Waals surface area contributed by atoms with Gasteiger partial charge in [0.15, 0.2) is 5.65 Å². The maximum Gasteiger partial charge on any atom is 0.335 e. The predicted octanol–water partition coefficient (Wildman–Crippen LogP) is 6.23. The number of nitrogens with one attached hydrogen (secondary N) is 1. The molecule has 1 amide bonds. The third kappa shape index (κ3) is 7.06. The quantitative estimate of drug-likeness (QED) is 0.174. The van der Waals surface area contributed by atoms with E-state index in [1.165, 1.54) is 12.1 Å². The number of halogens is 2. The predicted molar refractivity (Wildman–Crippen MR) is 213 cm³/mol. The van der Waals surface area contributed by atoms with E-state index in [1.54, 1.807) is 44.5 Å². The lowest BCUT2D eigenvalue weighted by molar-refractivity contribution is 0.0369. The van der Waals surface area contributed by atoms with Crippen molar-refractivity contribution >= 4 is 39.7 Å². The van der Waals surface area contributed by atoms with Crippen molar-refractivity contribution in [1.82, 2.24) is 38.5 Å². The standard InChI is InChI=1S/C43H41F2N9O3/c1-28-38-40(49-42(47-28)48-32-7-3-2-4-8-32)52(19-6-18-50-21-23-57-24-22-50)43(56)54(38)33-14-11-29(12-15-33)41(55)51-20-16-34-35-9-5-17-46-39(35)53(37(34)27-51)26-30-10-13-31(44)25-36(30)45/h2-5,7-15,17,25H,6,16,18-24,26-27H2,1H3,(H,47,48,49). The maximum atomic E-state index is 14.8. The van der Waals surface area contributed by atoms with Gasteiger partial charge in [-0.1, -0.05) is 24.3 Å². The van der Waals surface area contributed by atoms with Crippen LogP contribution in [0.3, 0.4) is 0 Å². The van der Waals surface area contributed by atoms with Gasteiger partial charge in [-0.25, -0.2) is 23.5 Å². The molecule has 6 heterocycles. The molecule has 7 aromatic rings. The number of ether oxygens (including phenoxy) is 1. The number of anilines is 2. The highest BCUT2D eigenvalue weighted by Gasteiger charge is 2.29. The highest BCUT2D eigenvalue weighted by Crippen LogP contribution is 2.32. The van der Waals surface area contributed by atoms with Crippen LogP contribution in [-0.4, -0.2) is 83.8 Å². The Bertz CT molecular complexity index is 2670. The summed E-state index contributed by atoms with van der Waals surface area (Å²) in [5.74, 6) is -1.04. The molecule has 1 N–H and O–H groups in total. The van der Waals surface area contributed by atoms with Crippen LogP contribution in [0, 0.1) is 18.6 Å². The van der Waals surface area contributed by atoms with Gasteiger partial charge < -0.3 is 19.5 Å². The fourth-order valence-corrected chi connectivity index (χ4v) is 8.09. The normalized spacial score (nSPS) is 14.7. The van der Waals surface area contributed by atoms with E-state index in [9.17, 15) is 18.4 Å². The average Bonchev–Trinajstić information content (AvgIpc) is 3.69. The van der Waals surface area contributed by atoms with Gasteiger partial charge >= 0.3 is 5.69 Å². The smallest absolute Gasteiger partial charge is 0.335 e. The van der Waals surface area contributed by atoms with E-state index >= 15 is 0 Å². The summed E-state index contributed by atoms with van der Waals surface area (Å²) in [4.78, 5) is 46.8. The SMILES string of the molecule is Cc1nc(Nc2ccccc2)nc2c1n(-c1ccc(C(=O)N3CCc4c(n(Cc5ccc(F)cc5F)c5ncccc45)C3)cc1)c(=O)n2CCCN1CCOCC1. The molecule has 0 radical (unpaired) electrons. The third-order valence-electron chi connectivity index (χ3n) is 10.9. The topological polar surface area (TPSA) is 115 Å². The van der Waals surface area contributed by atoms with Gasteiger partial charge in [0.25, 0.3) is 5.91 Å². The van der Waals surface area contributed by atoms with Crippen LogP contribution in [0.4, 0.5) is 20.4 Å². The molecule has 0 spiro atoms. The fourth-order valence-electron chi connectivity index (χ4n) is 8.09. The second-order valence-corrected chi connectivity index (χ2v) is 14.5. The molecule has 1 fully saturated rings. The summed E-state index contributed by atoms with van der Waals surface area (Å²) in [7, 11) is 0. The first kappa shape index (κ1) is 36.4. The Labute approximate surface area is 327 Å². The minimum absolute atomic E-state index is 0.147. The highest BCUT2D eigenvalue weighted by molar-refractivity contribution is 5.95. The molecule has 2 aliphatic rings. The van der Waals surface area contributed by atoms with Crippen molar-refractivity contribution in [2.75, 3.05) is 44.7 Å². The Morgan fingerprint density at radius 1 is 0.877 bits per heavy atom. The largest absolute Gasteiger partial charge is 0.379 e. The Morgan fingerprint density at radius 3 is 2.47 bits per heavy atom. The summed E-state index contributed by atoms with van der Waals surface area (Å²) < 4.78 is 39.4. The molecule has 12 nitrogen and oxygen atoms in total. The van der Waals surface area contributed by atoms with E-state index < -0.39 is 11.6 Å². The second-order valence-electron chi connectivity index (χ2n) is 14.5. The zero-order valence-corrected chi connectivity index (χ0v) is 31.5. The van der Waals surface area contributed by atoms with Crippen molar-refractivity contribution in [3.8, 4) is 5.69 Å². The number of amides is 1. The van der Waals surface area contributed by atoms with Gasteiger partial charge in [0.05, 0.1) is 37.7 Å². The third-order valence-corrected chi connectivity index (χ3v) is 10.9. The molecule has 0 aliphatic carbocycles. The maximum absolute atomic E-state index is 14.8. The van der Waals surface area contributed by atoms with Crippen LogP contribution in [0.5, 0.6) is 0 Å². The van der Waals surface area contributed by atoms with Crippen LogP contribution in [0.15, 0.2) is 95.9 Å². The number of fused-ring (bicyclic) bond motifs is 4. The van der Waals surface area contributed by atoms with E-state index in [1.807, 2.05) is 54.0 Å². The summed E-state index contributed by atoms with van der Waals surface area (Å²) in [6.07, 6.45) is 3.04. The van der Waals surface area contributed by atoms with Crippen molar-refractivity contribution < 1.29 is 18.3 Å².